The van der Waals surface area contributed by atoms with Gasteiger partial charge in [-0.05, 0) is 49.7 Å². The number of β-lactam (4-membered cyclic amide) rings is 1. The number of ether oxygens (including phenoxy) is 2. The van der Waals surface area contributed by atoms with Crippen LogP contribution in [0.2, 0.25) is 18.1 Å². The predicted molar refractivity (Wildman–Crippen MR) is 123 cm³/mol. The fourth-order valence-corrected chi connectivity index (χ4v) is 4.74. The molecule has 30 heavy (non-hydrogen) atoms. The molecule has 1 amide bonds. The van der Waals surface area contributed by atoms with Crippen LogP contribution in [0.3, 0.4) is 0 Å². The highest BCUT2D eigenvalue weighted by atomic mass is 28.4. The van der Waals surface area contributed by atoms with Crippen LogP contribution >= 0.6 is 0 Å². The molecule has 4 atom stereocenters. The van der Waals surface area contributed by atoms with Gasteiger partial charge in [-0.2, -0.15) is 0 Å². The summed E-state index contributed by atoms with van der Waals surface area (Å²) in [6.07, 6.45) is -0.111. The van der Waals surface area contributed by atoms with Crippen LogP contribution in [-0.4, -0.2) is 40.1 Å². The number of amides is 1. The number of carbonyl (C=O) groups excluding carboxylic acids is 1. The van der Waals surface area contributed by atoms with Crippen molar-refractivity contribution in [1.29, 1.82) is 0 Å². The molecule has 0 saturated carbocycles. The van der Waals surface area contributed by atoms with Gasteiger partial charge < -0.3 is 19.2 Å². The lowest BCUT2D eigenvalue weighted by Crippen LogP contribution is -2.65. The summed E-state index contributed by atoms with van der Waals surface area (Å²) >= 11 is 0. The second-order valence-corrected chi connectivity index (χ2v) is 14.4. The molecule has 0 aromatic heterocycles. The Balaban J connectivity index is 1.84. The molecule has 1 N–H and O–H groups in total. The average molecular weight is 432 g/mol. The second kappa shape index (κ2) is 10.00. The quantitative estimate of drug-likeness (QED) is 0.287. The van der Waals surface area contributed by atoms with Crippen molar-refractivity contribution in [1.82, 2.24) is 5.32 Å². The topological polar surface area (TPSA) is 56.8 Å². The third-order valence-corrected chi connectivity index (χ3v) is 10.8. The molecule has 1 aliphatic rings. The fourth-order valence-electron chi connectivity index (χ4n) is 3.31. The van der Waals surface area contributed by atoms with Crippen LogP contribution in [0.4, 0.5) is 0 Å². The first kappa shape index (κ1) is 24.5. The van der Waals surface area contributed by atoms with Crippen molar-refractivity contribution in [2.75, 3.05) is 13.7 Å². The number of hydrogen-bond acceptors (Lipinski definition) is 4. The van der Waals surface area contributed by atoms with Gasteiger partial charge in [0.15, 0.2) is 8.32 Å². The van der Waals surface area contributed by atoms with Gasteiger partial charge in [-0.25, -0.2) is 0 Å². The summed E-state index contributed by atoms with van der Waals surface area (Å²) in [6.45, 7) is 16.0. The highest BCUT2D eigenvalue weighted by Gasteiger charge is 2.48. The minimum absolute atomic E-state index is 0.0198. The smallest absolute Gasteiger partial charge is 0.228 e. The van der Waals surface area contributed by atoms with E-state index < -0.39 is 8.32 Å². The highest BCUT2D eigenvalue weighted by Crippen LogP contribution is 2.39. The van der Waals surface area contributed by atoms with Crippen molar-refractivity contribution < 1.29 is 18.7 Å². The summed E-state index contributed by atoms with van der Waals surface area (Å²) in [5.41, 5.74) is 1.08. The van der Waals surface area contributed by atoms with Crippen LogP contribution in [-0.2, 0) is 20.6 Å². The van der Waals surface area contributed by atoms with Crippen molar-refractivity contribution in [2.24, 2.45) is 11.8 Å². The van der Waals surface area contributed by atoms with Crippen LogP contribution in [0.1, 0.15) is 40.2 Å². The van der Waals surface area contributed by atoms with E-state index in [1.807, 2.05) is 38.1 Å². The van der Waals surface area contributed by atoms with Crippen molar-refractivity contribution in [2.45, 2.75) is 71.5 Å². The molecule has 1 aliphatic heterocycles. The Hall–Kier alpha value is -1.81. The van der Waals surface area contributed by atoms with E-state index in [2.05, 4.69) is 51.0 Å². The molecule has 0 spiro atoms. The van der Waals surface area contributed by atoms with Crippen LogP contribution in [0.15, 0.2) is 24.3 Å². The summed E-state index contributed by atoms with van der Waals surface area (Å²) in [4.78, 5) is 12.2. The number of methoxy groups -OCH3 is 1. The Morgan fingerprint density at radius 3 is 2.33 bits per heavy atom. The van der Waals surface area contributed by atoms with Gasteiger partial charge >= 0.3 is 0 Å². The second-order valence-electron chi connectivity index (χ2n) is 9.59. The number of rotatable bonds is 8. The zero-order valence-electron chi connectivity index (χ0n) is 19.7. The predicted octanol–water partition coefficient (Wildman–Crippen LogP) is 4.38. The van der Waals surface area contributed by atoms with E-state index in [-0.39, 0.29) is 34.9 Å². The molecular formula is C24H37NO4Si. The van der Waals surface area contributed by atoms with E-state index in [0.717, 1.165) is 11.3 Å². The molecular weight excluding hydrogens is 394 g/mol. The summed E-state index contributed by atoms with van der Waals surface area (Å²) < 4.78 is 17.3. The van der Waals surface area contributed by atoms with Gasteiger partial charge in [-0.15, -0.1) is 0 Å². The number of benzene rings is 1. The van der Waals surface area contributed by atoms with Gasteiger partial charge in [0, 0.05) is 5.92 Å². The molecule has 6 heteroatoms. The van der Waals surface area contributed by atoms with Crippen LogP contribution < -0.4 is 10.1 Å². The lowest BCUT2D eigenvalue weighted by Gasteiger charge is -2.46. The third-order valence-electron chi connectivity index (χ3n) is 6.26. The van der Waals surface area contributed by atoms with Gasteiger partial charge in [-0.1, -0.05) is 44.7 Å². The molecule has 1 aromatic rings. The Morgan fingerprint density at radius 1 is 1.17 bits per heavy atom. The number of hydrogen-bond donors (Lipinski definition) is 1. The van der Waals surface area contributed by atoms with E-state index in [1.54, 1.807) is 7.11 Å². The zero-order valence-corrected chi connectivity index (χ0v) is 20.7. The average Bonchev–Trinajstić information content (AvgIpc) is 2.64. The molecule has 1 heterocycles. The van der Waals surface area contributed by atoms with Crippen molar-refractivity contribution in [3.05, 3.63) is 29.8 Å². The van der Waals surface area contributed by atoms with E-state index in [4.69, 9.17) is 13.9 Å². The van der Waals surface area contributed by atoms with Crippen LogP contribution in [0, 0.1) is 23.7 Å². The summed E-state index contributed by atoms with van der Waals surface area (Å²) in [7, 11) is -0.275. The maximum absolute atomic E-state index is 12.2. The maximum atomic E-state index is 12.2. The largest absolute Gasteiger partial charge is 0.497 e. The summed E-state index contributed by atoms with van der Waals surface area (Å²) in [5, 5.41) is 3.13. The normalized spacial score (nSPS) is 21.0. The van der Waals surface area contributed by atoms with Gasteiger partial charge in [0.25, 0.3) is 0 Å². The van der Waals surface area contributed by atoms with Gasteiger partial charge in [0.05, 0.1) is 31.8 Å². The molecule has 0 bridgehead atoms. The van der Waals surface area contributed by atoms with Crippen molar-refractivity contribution in [3.8, 4) is 17.6 Å². The molecule has 5 nitrogen and oxygen atoms in total. The number of nitrogens with one attached hydrogen (secondary N) is 1. The Bertz CT molecular complexity index is 773. The SMILES string of the molecule is COc1ccc(COCC#CC(C)[C@H]2NC(=O)[C@@H]2[C@@H](C)O[Si](C)(C)C(C)(C)C)cc1. The minimum Gasteiger partial charge on any atom is -0.497 e. The summed E-state index contributed by atoms with van der Waals surface area (Å²) in [5.74, 6) is 7.12. The van der Waals surface area contributed by atoms with Crippen LogP contribution in [0.5, 0.6) is 5.75 Å². The number of carbonyl (C=O) groups is 1. The zero-order chi connectivity index (χ0) is 22.5. The van der Waals surface area contributed by atoms with E-state index in [1.165, 1.54) is 0 Å². The van der Waals surface area contributed by atoms with E-state index in [0.29, 0.717) is 13.2 Å². The Morgan fingerprint density at radius 2 is 1.80 bits per heavy atom. The first-order valence-corrected chi connectivity index (χ1v) is 13.5. The molecule has 1 unspecified atom stereocenters. The lowest BCUT2D eigenvalue weighted by molar-refractivity contribution is -0.141. The summed E-state index contributed by atoms with van der Waals surface area (Å²) in [6, 6.07) is 7.81. The lowest BCUT2D eigenvalue weighted by atomic mass is 9.79. The first-order valence-electron chi connectivity index (χ1n) is 10.6. The Kier molecular flexibility index (Phi) is 8.15. The van der Waals surface area contributed by atoms with Crippen LogP contribution in [0.25, 0.3) is 0 Å². The molecule has 1 aromatic carbocycles. The standard InChI is InChI=1S/C24H37NO4Si/c1-17(10-9-15-28-16-19-11-13-20(27-6)14-12-19)22-21(23(26)25-22)18(2)29-30(7,8)24(3,4)5/h11-14,17-18,21-22H,15-16H2,1-8H3,(H,25,26)/t17?,18-,21-,22-/m1/s1. The third kappa shape index (κ3) is 6.10. The minimum atomic E-state index is -1.93. The van der Waals surface area contributed by atoms with E-state index in [9.17, 15) is 4.79 Å². The van der Waals surface area contributed by atoms with Crippen molar-refractivity contribution in [3.63, 3.8) is 0 Å². The highest BCUT2D eigenvalue weighted by molar-refractivity contribution is 6.74. The van der Waals surface area contributed by atoms with Gasteiger partial charge in [-0.3, -0.25) is 4.79 Å². The Labute approximate surface area is 183 Å². The van der Waals surface area contributed by atoms with Crippen molar-refractivity contribution >= 4 is 14.2 Å². The molecule has 1 saturated heterocycles. The molecule has 1 fully saturated rings. The monoisotopic (exact) mass is 431 g/mol. The van der Waals surface area contributed by atoms with Gasteiger partial charge in [0.1, 0.15) is 12.4 Å². The fraction of sp³-hybridized carbons (Fsp3) is 0.625. The molecule has 2 rings (SSSR count). The molecule has 166 valence electrons. The first-order chi connectivity index (χ1) is 14.0. The van der Waals surface area contributed by atoms with Gasteiger partial charge in [0.2, 0.25) is 5.91 Å². The molecule has 0 radical (unpaired) electrons. The van der Waals surface area contributed by atoms with E-state index >= 15 is 0 Å². The maximum Gasteiger partial charge on any atom is 0.228 e. The molecule has 0 aliphatic carbocycles.